The van der Waals surface area contributed by atoms with Crippen LogP contribution in [0.5, 0.6) is 5.88 Å². The molecule has 0 saturated heterocycles. The Morgan fingerprint density at radius 1 is 1.02 bits per heavy atom. The molecule has 5 aromatic heterocycles. The third-order valence-electron chi connectivity index (χ3n) is 6.80. The summed E-state index contributed by atoms with van der Waals surface area (Å²) in [6, 6.07) is 11.0. The first-order valence-electron chi connectivity index (χ1n) is 13.2. The summed E-state index contributed by atoms with van der Waals surface area (Å²) in [6.45, 7) is 5.40. The average Bonchev–Trinajstić information content (AvgIpc) is 3.38. The minimum Gasteiger partial charge on any atom is -0.474 e. The molecule has 11 nitrogen and oxygen atoms in total. The summed E-state index contributed by atoms with van der Waals surface area (Å²) in [7, 11) is 0. The van der Waals surface area contributed by atoms with Crippen molar-refractivity contribution >= 4 is 22.5 Å². The van der Waals surface area contributed by atoms with E-state index >= 15 is 0 Å². The van der Waals surface area contributed by atoms with Crippen LogP contribution in [-0.4, -0.2) is 40.2 Å². The lowest BCUT2D eigenvalue weighted by molar-refractivity contribution is 0.232. The lowest BCUT2D eigenvalue weighted by atomic mass is 10.0. The molecular formula is C30H23F2N9O2. The number of fused-ring (bicyclic) bond motifs is 2. The number of hydrogen-bond acceptors (Lipinski definition) is 9. The zero-order valence-electron chi connectivity index (χ0n) is 23.2. The summed E-state index contributed by atoms with van der Waals surface area (Å²) in [6.07, 6.45) is 3.63. The van der Waals surface area contributed by atoms with Gasteiger partial charge in [-0.1, -0.05) is 12.1 Å². The summed E-state index contributed by atoms with van der Waals surface area (Å²) >= 11 is 0. The van der Waals surface area contributed by atoms with E-state index in [0.717, 1.165) is 10.6 Å². The lowest BCUT2D eigenvalue weighted by Gasteiger charge is -2.18. The molecule has 1 aromatic carbocycles. The van der Waals surface area contributed by atoms with Gasteiger partial charge in [-0.05, 0) is 56.7 Å². The van der Waals surface area contributed by atoms with Gasteiger partial charge in [-0.3, -0.25) is 9.20 Å². The van der Waals surface area contributed by atoms with Crippen molar-refractivity contribution in [3.8, 4) is 34.3 Å². The molecule has 2 N–H and O–H groups in total. The number of aromatic nitrogens is 7. The first kappa shape index (κ1) is 27.4. The largest absolute Gasteiger partial charge is 0.474 e. The fourth-order valence-corrected chi connectivity index (χ4v) is 4.91. The number of nitrogens with zero attached hydrogens (tertiary/aromatic N) is 8. The van der Waals surface area contributed by atoms with E-state index in [2.05, 4.69) is 21.0 Å². The second-order valence-corrected chi connectivity index (χ2v) is 10.0. The molecule has 0 spiro atoms. The lowest BCUT2D eigenvalue weighted by Crippen LogP contribution is -2.23. The predicted octanol–water partition coefficient (Wildman–Crippen LogP) is 4.69. The van der Waals surface area contributed by atoms with Crippen molar-refractivity contribution in [3.63, 3.8) is 0 Å². The fraction of sp³-hybridized carbons (Fsp3) is 0.167. The van der Waals surface area contributed by atoms with Gasteiger partial charge < -0.3 is 10.5 Å². The van der Waals surface area contributed by atoms with Crippen molar-refractivity contribution in [3.05, 3.63) is 94.4 Å². The van der Waals surface area contributed by atoms with Crippen molar-refractivity contribution in [1.29, 1.82) is 5.26 Å². The third kappa shape index (κ3) is 4.78. The Labute approximate surface area is 242 Å². The van der Waals surface area contributed by atoms with E-state index in [1.54, 1.807) is 19.1 Å². The first-order chi connectivity index (χ1) is 20.7. The first-order valence-corrected chi connectivity index (χ1v) is 13.2. The van der Waals surface area contributed by atoms with Crippen LogP contribution in [0, 0.1) is 23.0 Å². The molecule has 1 unspecified atom stereocenters. The molecule has 1 atom stereocenters. The number of halogens is 2. The van der Waals surface area contributed by atoms with E-state index in [1.807, 2.05) is 13.8 Å². The number of benzene rings is 1. The van der Waals surface area contributed by atoms with E-state index < -0.39 is 23.2 Å². The maximum atomic E-state index is 14.3. The molecule has 13 heteroatoms. The topological polar surface area (TPSA) is 150 Å². The molecule has 0 fully saturated rings. The molecule has 5 heterocycles. The monoisotopic (exact) mass is 579 g/mol. The van der Waals surface area contributed by atoms with Gasteiger partial charge in [-0.15, -0.1) is 0 Å². The highest BCUT2D eigenvalue weighted by atomic mass is 19.1. The number of nitriles is 1. The van der Waals surface area contributed by atoms with Gasteiger partial charge in [0.2, 0.25) is 5.88 Å². The molecule has 0 bridgehead atoms. The zero-order chi connectivity index (χ0) is 30.4. The molecule has 6 aromatic rings. The summed E-state index contributed by atoms with van der Waals surface area (Å²) in [5.74, 6) is -0.878. The number of ether oxygens (including phenoxy) is 1. The van der Waals surface area contributed by atoms with Crippen LogP contribution in [0.1, 0.15) is 38.1 Å². The van der Waals surface area contributed by atoms with Crippen molar-refractivity contribution < 1.29 is 13.5 Å². The summed E-state index contributed by atoms with van der Waals surface area (Å²) in [5.41, 5.74) is 7.77. The van der Waals surface area contributed by atoms with Gasteiger partial charge in [-0.2, -0.15) is 10.4 Å². The molecule has 0 aliphatic carbocycles. The van der Waals surface area contributed by atoms with E-state index in [4.69, 9.17) is 20.6 Å². The second kappa shape index (κ2) is 10.6. The van der Waals surface area contributed by atoms with Crippen molar-refractivity contribution in [2.24, 2.45) is 0 Å². The number of pyridine rings is 2. The van der Waals surface area contributed by atoms with E-state index in [1.165, 1.54) is 47.5 Å². The number of nitrogens with two attached hydrogens (primary N) is 1. The van der Waals surface area contributed by atoms with Gasteiger partial charge in [0.1, 0.15) is 46.8 Å². The van der Waals surface area contributed by atoms with Gasteiger partial charge in [0.15, 0.2) is 5.65 Å². The van der Waals surface area contributed by atoms with Gasteiger partial charge >= 0.3 is 0 Å². The van der Waals surface area contributed by atoms with E-state index in [9.17, 15) is 18.8 Å². The standard InChI is InChI=1S/C30H23F2N9O2/c1-15(2)43-29-18(11-33)9-19(12-35-29)26-24-27(34)36-14-37-28(24)41(39-26)16(3)25-23(17-5-4-6-20(31)10-17)30(42)40-13-21(32)7-8-22(40)38-25/h4-10,12-16H,1-3H3,(H2,34,36,37). The molecule has 0 amide bonds. The highest BCUT2D eigenvalue weighted by Crippen LogP contribution is 2.35. The van der Waals surface area contributed by atoms with Crippen LogP contribution >= 0.6 is 0 Å². The van der Waals surface area contributed by atoms with Crippen molar-refractivity contribution in [2.45, 2.75) is 32.9 Å². The number of nitrogen functional groups attached to an aromatic ring is 1. The molecule has 6 rings (SSSR count). The Kier molecular flexibility index (Phi) is 6.73. The summed E-state index contributed by atoms with van der Waals surface area (Å²) < 4.78 is 36.7. The van der Waals surface area contributed by atoms with Crippen LogP contribution in [-0.2, 0) is 0 Å². The molecule has 0 aliphatic rings. The van der Waals surface area contributed by atoms with Crippen molar-refractivity contribution in [2.75, 3.05) is 5.73 Å². The Bertz CT molecular complexity index is 2150. The van der Waals surface area contributed by atoms with Crippen LogP contribution in [0.25, 0.3) is 39.1 Å². The van der Waals surface area contributed by atoms with Crippen molar-refractivity contribution in [1.82, 2.24) is 34.1 Å². The average molecular weight is 580 g/mol. The van der Waals surface area contributed by atoms with E-state index in [-0.39, 0.29) is 45.8 Å². The minimum atomic E-state index is -0.765. The van der Waals surface area contributed by atoms with Gasteiger partial charge in [0.25, 0.3) is 5.56 Å². The Morgan fingerprint density at radius 2 is 1.84 bits per heavy atom. The van der Waals surface area contributed by atoms with Crippen LogP contribution < -0.4 is 16.0 Å². The molecule has 214 valence electrons. The molecule has 0 radical (unpaired) electrons. The summed E-state index contributed by atoms with van der Waals surface area (Å²) in [4.78, 5) is 31.4. The second-order valence-electron chi connectivity index (χ2n) is 10.0. The smallest absolute Gasteiger partial charge is 0.266 e. The minimum absolute atomic E-state index is 0.0611. The highest BCUT2D eigenvalue weighted by Gasteiger charge is 2.27. The predicted molar refractivity (Wildman–Crippen MR) is 154 cm³/mol. The fourth-order valence-electron chi connectivity index (χ4n) is 4.91. The quantitative estimate of drug-likeness (QED) is 0.296. The Balaban J connectivity index is 1.60. The SMILES string of the molecule is CC(C)Oc1ncc(-c2nn(C(C)c3nc4ccc(F)cn4c(=O)c3-c3cccc(F)c3)c3ncnc(N)c23)cc1C#N. The normalized spacial score (nSPS) is 12.1. The summed E-state index contributed by atoms with van der Waals surface area (Å²) in [5, 5.41) is 15.0. The third-order valence-corrected chi connectivity index (χ3v) is 6.80. The molecule has 0 aliphatic heterocycles. The van der Waals surface area contributed by atoms with Crippen LogP contribution in [0.4, 0.5) is 14.6 Å². The van der Waals surface area contributed by atoms with E-state index in [0.29, 0.717) is 22.3 Å². The highest BCUT2D eigenvalue weighted by molar-refractivity contribution is 5.98. The van der Waals surface area contributed by atoms with Crippen LogP contribution in [0.15, 0.2) is 66.0 Å². The number of anilines is 1. The number of hydrogen-bond donors (Lipinski definition) is 1. The molecule has 0 saturated carbocycles. The van der Waals surface area contributed by atoms with Gasteiger partial charge in [0.05, 0.1) is 28.8 Å². The maximum Gasteiger partial charge on any atom is 0.266 e. The van der Waals surface area contributed by atoms with Crippen LogP contribution in [0.3, 0.4) is 0 Å². The molecular weight excluding hydrogens is 556 g/mol. The maximum absolute atomic E-state index is 14.3. The zero-order valence-corrected chi connectivity index (χ0v) is 23.2. The number of rotatable bonds is 6. The van der Waals surface area contributed by atoms with Crippen LogP contribution in [0.2, 0.25) is 0 Å². The Morgan fingerprint density at radius 3 is 2.58 bits per heavy atom. The van der Waals surface area contributed by atoms with Gasteiger partial charge in [-0.25, -0.2) is 33.4 Å². The molecule has 43 heavy (non-hydrogen) atoms. The Hall–Kier alpha value is -5.77. The van der Waals surface area contributed by atoms with Gasteiger partial charge in [0, 0.05) is 18.0 Å².